The molecule has 4 nitrogen and oxygen atoms in total. The highest BCUT2D eigenvalue weighted by molar-refractivity contribution is 5.59. The van der Waals surface area contributed by atoms with Gasteiger partial charge >= 0.3 is 0 Å². The lowest BCUT2D eigenvalue weighted by molar-refractivity contribution is 0.749. The molecule has 0 amide bonds. The minimum atomic E-state index is 0.490. The molecule has 0 atom stereocenters. The first-order valence-corrected chi connectivity index (χ1v) is 4.79. The van der Waals surface area contributed by atoms with E-state index >= 15 is 0 Å². The number of nitriles is 1. The van der Waals surface area contributed by atoms with Crippen LogP contribution in [0.3, 0.4) is 0 Å². The van der Waals surface area contributed by atoms with Gasteiger partial charge in [-0.15, -0.1) is 0 Å². The standard InChI is InChI=1S/C11H12N4/c1-8-4-3-5-10-9(6-12)14-11(7-13-2)15(8)10/h3-5,13H,7H2,1-2H3. The van der Waals surface area contributed by atoms with E-state index in [0.29, 0.717) is 12.2 Å². The molecule has 2 heterocycles. The van der Waals surface area contributed by atoms with Gasteiger partial charge in [-0.25, -0.2) is 4.98 Å². The van der Waals surface area contributed by atoms with Crippen LogP contribution in [-0.4, -0.2) is 16.4 Å². The maximum absolute atomic E-state index is 8.96. The normalized spacial score (nSPS) is 10.5. The fourth-order valence-corrected chi connectivity index (χ4v) is 1.74. The van der Waals surface area contributed by atoms with Crippen molar-refractivity contribution in [3.63, 3.8) is 0 Å². The van der Waals surface area contributed by atoms with E-state index in [-0.39, 0.29) is 0 Å². The number of pyridine rings is 1. The van der Waals surface area contributed by atoms with Crippen LogP contribution < -0.4 is 5.32 Å². The highest BCUT2D eigenvalue weighted by Crippen LogP contribution is 2.14. The number of nitrogens with one attached hydrogen (secondary N) is 1. The van der Waals surface area contributed by atoms with Crippen LogP contribution in [0.15, 0.2) is 18.2 Å². The molecular formula is C11H12N4. The van der Waals surface area contributed by atoms with Crippen LogP contribution in [0.5, 0.6) is 0 Å². The summed E-state index contributed by atoms with van der Waals surface area (Å²) in [6.07, 6.45) is 0. The Morgan fingerprint density at radius 3 is 3.00 bits per heavy atom. The lowest BCUT2D eigenvalue weighted by Gasteiger charge is -2.03. The Balaban J connectivity index is 2.77. The zero-order valence-corrected chi connectivity index (χ0v) is 8.78. The molecule has 2 aromatic heterocycles. The van der Waals surface area contributed by atoms with Crippen LogP contribution >= 0.6 is 0 Å². The van der Waals surface area contributed by atoms with Gasteiger partial charge in [0.1, 0.15) is 11.9 Å². The highest BCUT2D eigenvalue weighted by Gasteiger charge is 2.10. The molecule has 0 aromatic carbocycles. The molecule has 15 heavy (non-hydrogen) atoms. The van der Waals surface area contributed by atoms with Crippen molar-refractivity contribution < 1.29 is 0 Å². The Morgan fingerprint density at radius 2 is 2.33 bits per heavy atom. The molecule has 0 spiro atoms. The fourth-order valence-electron chi connectivity index (χ4n) is 1.74. The number of hydrogen-bond acceptors (Lipinski definition) is 3. The molecule has 0 aliphatic carbocycles. The van der Waals surface area contributed by atoms with Crippen LogP contribution in [0.4, 0.5) is 0 Å². The van der Waals surface area contributed by atoms with Crippen LogP contribution in [0, 0.1) is 18.3 Å². The molecule has 0 fully saturated rings. The first-order valence-electron chi connectivity index (χ1n) is 4.79. The van der Waals surface area contributed by atoms with E-state index in [1.165, 1.54) is 0 Å². The van der Waals surface area contributed by atoms with Gasteiger partial charge in [0, 0.05) is 5.69 Å². The third-order valence-corrected chi connectivity index (χ3v) is 2.37. The summed E-state index contributed by atoms with van der Waals surface area (Å²) in [5, 5.41) is 12.0. The van der Waals surface area contributed by atoms with Gasteiger partial charge < -0.3 is 5.32 Å². The van der Waals surface area contributed by atoms with Crippen molar-refractivity contribution in [1.29, 1.82) is 5.26 Å². The molecular weight excluding hydrogens is 188 g/mol. The lowest BCUT2D eigenvalue weighted by atomic mass is 10.3. The number of aromatic nitrogens is 2. The third kappa shape index (κ3) is 1.47. The van der Waals surface area contributed by atoms with Crippen molar-refractivity contribution in [2.45, 2.75) is 13.5 Å². The number of fused-ring (bicyclic) bond motifs is 1. The zero-order valence-electron chi connectivity index (χ0n) is 8.78. The Bertz CT molecular complexity index is 533. The second kappa shape index (κ2) is 3.71. The molecule has 2 rings (SSSR count). The summed E-state index contributed by atoms with van der Waals surface area (Å²) >= 11 is 0. The predicted octanol–water partition coefficient (Wildman–Crippen LogP) is 1.23. The van der Waals surface area contributed by atoms with Crippen molar-refractivity contribution in [3.05, 3.63) is 35.4 Å². The lowest BCUT2D eigenvalue weighted by Crippen LogP contribution is -2.09. The summed E-state index contributed by atoms with van der Waals surface area (Å²) in [6.45, 7) is 2.67. The van der Waals surface area contributed by atoms with E-state index in [4.69, 9.17) is 5.26 Å². The molecule has 4 heteroatoms. The van der Waals surface area contributed by atoms with E-state index in [2.05, 4.69) is 16.4 Å². The molecule has 1 N–H and O–H groups in total. The number of rotatable bonds is 2. The minimum absolute atomic E-state index is 0.490. The zero-order chi connectivity index (χ0) is 10.8. The Kier molecular flexibility index (Phi) is 2.40. The summed E-state index contributed by atoms with van der Waals surface area (Å²) in [5.41, 5.74) is 2.46. The topological polar surface area (TPSA) is 53.1 Å². The molecule has 0 radical (unpaired) electrons. The summed E-state index contributed by atoms with van der Waals surface area (Å²) in [7, 11) is 1.87. The smallest absolute Gasteiger partial charge is 0.166 e. The van der Waals surface area contributed by atoms with Crippen molar-refractivity contribution in [1.82, 2.24) is 14.7 Å². The first-order chi connectivity index (χ1) is 7.27. The second-order valence-electron chi connectivity index (χ2n) is 3.41. The number of hydrogen-bond donors (Lipinski definition) is 1. The number of aryl methyl sites for hydroxylation is 1. The summed E-state index contributed by atoms with van der Waals surface area (Å²) in [4.78, 5) is 4.30. The van der Waals surface area contributed by atoms with Crippen molar-refractivity contribution in [2.75, 3.05) is 7.05 Å². The molecule has 0 bridgehead atoms. The number of nitrogens with zero attached hydrogens (tertiary/aromatic N) is 3. The maximum atomic E-state index is 8.96. The fraction of sp³-hybridized carbons (Fsp3) is 0.273. The summed E-state index contributed by atoms with van der Waals surface area (Å²) in [6, 6.07) is 7.98. The molecule has 0 aliphatic heterocycles. The van der Waals surface area contributed by atoms with Crippen LogP contribution in [0.1, 0.15) is 17.2 Å². The van der Waals surface area contributed by atoms with Gasteiger partial charge in [-0.05, 0) is 26.1 Å². The molecule has 2 aromatic rings. The van der Waals surface area contributed by atoms with Crippen LogP contribution in [-0.2, 0) is 6.54 Å². The molecule has 0 aliphatic rings. The molecule has 0 saturated heterocycles. The largest absolute Gasteiger partial charge is 0.313 e. The van der Waals surface area contributed by atoms with Crippen molar-refractivity contribution in [2.24, 2.45) is 0 Å². The Morgan fingerprint density at radius 1 is 1.53 bits per heavy atom. The van der Waals surface area contributed by atoms with Crippen LogP contribution in [0.2, 0.25) is 0 Å². The monoisotopic (exact) mass is 200 g/mol. The van der Waals surface area contributed by atoms with Crippen molar-refractivity contribution >= 4 is 5.52 Å². The predicted molar refractivity (Wildman–Crippen MR) is 57.4 cm³/mol. The quantitative estimate of drug-likeness (QED) is 0.793. The van der Waals surface area contributed by atoms with Gasteiger partial charge in [0.05, 0.1) is 12.1 Å². The average molecular weight is 200 g/mol. The third-order valence-electron chi connectivity index (χ3n) is 2.37. The van der Waals surface area contributed by atoms with Gasteiger partial charge in [0.2, 0.25) is 0 Å². The average Bonchev–Trinajstić information content (AvgIpc) is 2.59. The summed E-state index contributed by atoms with van der Waals surface area (Å²) in [5.74, 6) is 0.877. The van der Waals surface area contributed by atoms with E-state index in [0.717, 1.165) is 17.0 Å². The van der Waals surface area contributed by atoms with E-state index in [9.17, 15) is 0 Å². The number of imidazole rings is 1. The Labute approximate surface area is 88.2 Å². The highest BCUT2D eigenvalue weighted by atomic mass is 15.1. The molecule has 0 unspecified atom stereocenters. The maximum Gasteiger partial charge on any atom is 0.166 e. The van der Waals surface area contributed by atoms with Gasteiger partial charge in [-0.3, -0.25) is 4.40 Å². The second-order valence-corrected chi connectivity index (χ2v) is 3.41. The minimum Gasteiger partial charge on any atom is -0.313 e. The van der Waals surface area contributed by atoms with Gasteiger partial charge in [0.25, 0.3) is 0 Å². The SMILES string of the molecule is CNCc1nc(C#N)c2cccc(C)n12. The van der Waals surface area contributed by atoms with Gasteiger partial charge in [-0.1, -0.05) is 6.07 Å². The van der Waals surface area contributed by atoms with E-state index in [1.54, 1.807) is 0 Å². The van der Waals surface area contributed by atoms with E-state index in [1.807, 2.05) is 36.6 Å². The molecule has 76 valence electrons. The molecule has 0 saturated carbocycles. The van der Waals surface area contributed by atoms with Crippen molar-refractivity contribution in [3.8, 4) is 6.07 Å². The van der Waals surface area contributed by atoms with Gasteiger partial charge in [-0.2, -0.15) is 5.26 Å². The summed E-state index contributed by atoms with van der Waals surface area (Å²) < 4.78 is 2.01. The van der Waals surface area contributed by atoms with E-state index < -0.39 is 0 Å². The van der Waals surface area contributed by atoms with Gasteiger partial charge in [0.15, 0.2) is 5.69 Å². The first kappa shape index (κ1) is 9.69. The Hall–Kier alpha value is -1.86. The van der Waals surface area contributed by atoms with Crippen LogP contribution in [0.25, 0.3) is 5.52 Å².